The molecule has 0 fully saturated rings. The maximum absolute atomic E-state index is 5.84. The lowest BCUT2D eigenvalue weighted by molar-refractivity contribution is 1.01. The second-order valence-corrected chi connectivity index (χ2v) is 3.62. The maximum Gasteiger partial charge on any atom is 0.127 e. The minimum Gasteiger partial charge on any atom is -0.233 e. The molecule has 1 heterocycles. The summed E-state index contributed by atoms with van der Waals surface area (Å²) in [5.41, 5.74) is 0.838. The van der Waals surface area contributed by atoms with E-state index in [1.54, 1.807) is 0 Å². The van der Waals surface area contributed by atoms with Gasteiger partial charge in [0.2, 0.25) is 0 Å². The van der Waals surface area contributed by atoms with Crippen LogP contribution in [0.2, 0.25) is 5.02 Å². The molecule has 66 valence electrons. The molecule has 1 aromatic heterocycles. The molecule has 0 N–H and O–H groups in total. The molecule has 0 atom stereocenters. The molecule has 0 radical (unpaired) electrons. The molecule has 0 amide bonds. The molecular weight excluding hydrogens is 204 g/mol. The van der Waals surface area contributed by atoms with E-state index < -0.39 is 0 Å². The monoisotopic (exact) mass is 210 g/mol. The Kier molecular flexibility index (Phi) is 2.14. The maximum atomic E-state index is 5.84. The van der Waals surface area contributed by atoms with Crippen LogP contribution in [0.4, 0.5) is 0 Å². The van der Waals surface area contributed by atoms with Crippen molar-refractivity contribution >= 4 is 35.1 Å². The zero-order valence-corrected chi connectivity index (χ0v) is 8.60. The highest BCUT2D eigenvalue weighted by Crippen LogP contribution is 2.21. The lowest BCUT2D eigenvalue weighted by Crippen LogP contribution is -1.90. The highest BCUT2D eigenvalue weighted by atomic mass is 35.5. The van der Waals surface area contributed by atoms with Gasteiger partial charge in [-0.1, -0.05) is 11.6 Å². The smallest absolute Gasteiger partial charge is 0.127 e. The first-order valence-electron chi connectivity index (χ1n) is 3.80. The van der Waals surface area contributed by atoms with Gasteiger partial charge in [0.25, 0.3) is 0 Å². The fourth-order valence-corrected chi connectivity index (χ4v) is 1.70. The van der Waals surface area contributed by atoms with Gasteiger partial charge in [-0.2, -0.15) is 0 Å². The van der Waals surface area contributed by atoms with E-state index in [1.165, 1.54) is 0 Å². The molecule has 0 aliphatic heterocycles. The molecule has 0 unspecified atom stereocenters. The number of aryl methyl sites for hydroxylation is 1. The summed E-state index contributed by atoms with van der Waals surface area (Å²) in [6, 6.07) is 5.49. The molecular formula is C9H7ClN2S. The summed E-state index contributed by atoms with van der Waals surface area (Å²) in [4.78, 5) is 8.39. The molecule has 1 aromatic carbocycles. The first-order valence-corrected chi connectivity index (χ1v) is 4.62. The summed E-state index contributed by atoms with van der Waals surface area (Å²) < 4.78 is 0. The first-order chi connectivity index (χ1) is 6.16. The molecule has 2 nitrogen and oxygen atoms in total. The van der Waals surface area contributed by atoms with Gasteiger partial charge in [0.15, 0.2) is 0 Å². The first kappa shape index (κ1) is 8.78. The van der Waals surface area contributed by atoms with Crippen molar-refractivity contribution < 1.29 is 0 Å². The van der Waals surface area contributed by atoms with Crippen molar-refractivity contribution in [2.75, 3.05) is 0 Å². The summed E-state index contributed by atoms with van der Waals surface area (Å²) in [7, 11) is 0. The fourth-order valence-electron chi connectivity index (χ4n) is 1.20. The predicted molar refractivity (Wildman–Crippen MR) is 56.5 cm³/mol. The van der Waals surface area contributed by atoms with E-state index >= 15 is 0 Å². The Balaban J connectivity index is 2.86. The van der Waals surface area contributed by atoms with E-state index in [-0.39, 0.29) is 0 Å². The number of halogens is 1. The van der Waals surface area contributed by atoms with Crippen LogP contribution in [-0.2, 0) is 0 Å². The third-order valence-electron chi connectivity index (χ3n) is 1.75. The summed E-state index contributed by atoms with van der Waals surface area (Å²) >= 11 is 10.1. The molecule has 0 aliphatic carbocycles. The Morgan fingerprint density at radius 2 is 2.08 bits per heavy atom. The van der Waals surface area contributed by atoms with Crippen molar-refractivity contribution in [2.45, 2.75) is 11.9 Å². The molecule has 13 heavy (non-hydrogen) atoms. The minimum absolute atomic E-state index is 0.679. The van der Waals surface area contributed by atoms with Crippen molar-refractivity contribution in [3.63, 3.8) is 0 Å². The average molecular weight is 211 g/mol. The highest BCUT2D eigenvalue weighted by Gasteiger charge is 2.02. The van der Waals surface area contributed by atoms with Gasteiger partial charge in [0.05, 0.1) is 5.52 Å². The van der Waals surface area contributed by atoms with Gasteiger partial charge in [0, 0.05) is 10.4 Å². The third kappa shape index (κ3) is 1.62. The number of hydrogen-bond acceptors (Lipinski definition) is 3. The van der Waals surface area contributed by atoms with Crippen LogP contribution in [0.15, 0.2) is 23.2 Å². The Labute approximate surface area is 86.4 Å². The molecule has 4 heteroatoms. The van der Waals surface area contributed by atoms with E-state index in [1.807, 2.05) is 25.1 Å². The van der Waals surface area contributed by atoms with Crippen LogP contribution >= 0.6 is 24.2 Å². The van der Waals surface area contributed by atoms with Gasteiger partial charge in [0.1, 0.15) is 10.9 Å². The normalized spacial score (nSPS) is 10.7. The van der Waals surface area contributed by atoms with E-state index in [4.69, 9.17) is 11.6 Å². The SMILES string of the molecule is Cc1nc(S)c2ccc(Cl)cc2n1. The molecule has 0 saturated heterocycles. The van der Waals surface area contributed by atoms with Gasteiger partial charge in [-0.3, -0.25) is 0 Å². The van der Waals surface area contributed by atoms with E-state index in [2.05, 4.69) is 22.6 Å². The lowest BCUT2D eigenvalue weighted by atomic mass is 10.2. The summed E-state index contributed by atoms with van der Waals surface area (Å²) in [5, 5.41) is 2.30. The second kappa shape index (κ2) is 3.16. The number of thiol groups is 1. The zero-order chi connectivity index (χ0) is 9.42. The molecule has 2 aromatic rings. The standard InChI is InChI=1S/C9H7ClN2S/c1-5-11-8-4-6(10)2-3-7(8)9(13)12-5/h2-4H,1H3,(H,11,12,13). The van der Waals surface area contributed by atoms with Crippen LogP contribution in [0.3, 0.4) is 0 Å². The van der Waals surface area contributed by atoms with E-state index in [9.17, 15) is 0 Å². The van der Waals surface area contributed by atoms with Crippen molar-refractivity contribution in [3.05, 3.63) is 29.0 Å². The number of benzene rings is 1. The molecule has 0 aliphatic rings. The van der Waals surface area contributed by atoms with Crippen molar-refractivity contribution in [1.29, 1.82) is 0 Å². The Bertz CT molecular complexity index is 465. The van der Waals surface area contributed by atoms with Gasteiger partial charge in [-0.25, -0.2) is 9.97 Å². The highest BCUT2D eigenvalue weighted by molar-refractivity contribution is 7.80. The number of nitrogens with zero attached hydrogens (tertiary/aromatic N) is 2. The largest absolute Gasteiger partial charge is 0.233 e. The van der Waals surface area contributed by atoms with Gasteiger partial charge in [-0.05, 0) is 25.1 Å². The van der Waals surface area contributed by atoms with Crippen molar-refractivity contribution in [1.82, 2.24) is 9.97 Å². The topological polar surface area (TPSA) is 25.8 Å². The van der Waals surface area contributed by atoms with Crippen LogP contribution in [-0.4, -0.2) is 9.97 Å². The lowest BCUT2D eigenvalue weighted by Gasteiger charge is -2.01. The molecule has 0 bridgehead atoms. The van der Waals surface area contributed by atoms with Gasteiger partial charge in [-0.15, -0.1) is 12.6 Å². The quantitative estimate of drug-likeness (QED) is 0.535. The van der Waals surface area contributed by atoms with Crippen LogP contribution in [0, 0.1) is 6.92 Å². The van der Waals surface area contributed by atoms with Gasteiger partial charge >= 0.3 is 0 Å². The second-order valence-electron chi connectivity index (χ2n) is 2.76. The molecule has 2 rings (SSSR count). The number of rotatable bonds is 0. The molecule has 0 spiro atoms. The van der Waals surface area contributed by atoms with Gasteiger partial charge < -0.3 is 0 Å². The summed E-state index contributed by atoms with van der Waals surface area (Å²) in [6.45, 7) is 1.83. The Morgan fingerprint density at radius 3 is 2.85 bits per heavy atom. The number of fused-ring (bicyclic) bond motifs is 1. The van der Waals surface area contributed by atoms with Crippen LogP contribution < -0.4 is 0 Å². The van der Waals surface area contributed by atoms with Crippen molar-refractivity contribution in [2.24, 2.45) is 0 Å². The number of hydrogen-bond donors (Lipinski definition) is 1. The van der Waals surface area contributed by atoms with Crippen LogP contribution in [0.1, 0.15) is 5.82 Å². The minimum atomic E-state index is 0.679. The fraction of sp³-hybridized carbons (Fsp3) is 0.111. The van der Waals surface area contributed by atoms with E-state index in [0.29, 0.717) is 15.9 Å². The predicted octanol–water partition coefficient (Wildman–Crippen LogP) is 2.88. The van der Waals surface area contributed by atoms with E-state index in [0.717, 1.165) is 10.9 Å². The third-order valence-corrected chi connectivity index (χ3v) is 2.33. The zero-order valence-electron chi connectivity index (χ0n) is 6.95. The molecule has 0 saturated carbocycles. The van der Waals surface area contributed by atoms with Crippen LogP contribution in [0.5, 0.6) is 0 Å². The summed E-state index contributed by atoms with van der Waals surface area (Å²) in [5.74, 6) is 0.708. The van der Waals surface area contributed by atoms with Crippen molar-refractivity contribution in [3.8, 4) is 0 Å². The van der Waals surface area contributed by atoms with Crippen LogP contribution in [0.25, 0.3) is 10.9 Å². The summed E-state index contributed by atoms with van der Waals surface area (Å²) in [6.07, 6.45) is 0. The average Bonchev–Trinajstić information content (AvgIpc) is 2.02. The number of aromatic nitrogens is 2. The Hall–Kier alpha value is -0.800. The Morgan fingerprint density at radius 1 is 1.31 bits per heavy atom.